The zero-order valence-corrected chi connectivity index (χ0v) is 18.6. The van der Waals surface area contributed by atoms with Crippen molar-refractivity contribution in [3.05, 3.63) is 81.8 Å². The Balaban J connectivity index is 1.63. The number of ether oxygens (including phenoxy) is 1. The van der Waals surface area contributed by atoms with Crippen LogP contribution in [0.25, 0.3) is 0 Å². The first kappa shape index (κ1) is 22.8. The van der Waals surface area contributed by atoms with Crippen molar-refractivity contribution in [3.63, 3.8) is 0 Å². The molecule has 10 heteroatoms. The van der Waals surface area contributed by atoms with Crippen LogP contribution >= 0.6 is 11.3 Å². The smallest absolute Gasteiger partial charge is 0.264 e. The van der Waals surface area contributed by atoms with Crippen LogP contribution in [0.1, 0.15) is 10.4 Å². The number of morpholine rings is 1. The number of rotatable bonds is 7. The minimum atomic E-state index is -4.24. The van der Waals surface area contributed by atoms with Gasteiger partial charge in [-0.25, -0.2) is 21.6 Å². The molecule has 1 saturated heterocycles. The maximum Gasteiger partial charge on any atom is 0.264 e. The molecule has 0 unspecified atom stereocenters. The lowest BCUT2D eigenvalue weighted by molar-refractivity contribution is 0.0342. The topological polar surface area (TPSA) is 49.9 Å². The van der Waals surface area contributed by atoms with Gasteiger partial charge in [0.15, 0.2) is 11.6 Å². The third-order valence-electron chi connectivity index (χ3n) is 5.11. The van der Waals surface area contributed by atoms with Crippen molar-refractivity contribution >= 4 is 27.0 Å². The fourth-order valence-electron chi connectivity index (χ4n) is 3.44. The summed E-state index contributed by atoms with van der Waals surface area (Å²) >= 11 is 1.41. The fourth-order valence-corrected chi connectivity index (χ4v) is 5.84. The van der Waals surface area contributed by atoms with Gasteiger partial charge >= 0.3 is 0 Å². The number of halogens is 3. The van der Waals surface area contributed by atoms with E-state index in [1.54, 1.807) is 0 Å². The van der Waals surface area contributed by atoms with E-state index >= 15 is 0 Å². The maximum atomic E-state index is 13.8. The van der Waals surface area contributed by atoms with E-state index in [-0.39, 0.29) is 17.1 Å². The van der Waals surface area contributed by atoms with E-state index < -0.39 is 27.5 Å². The molecule has 32 heavy (non-hydrogen) atoms. The highest BCUT2D eigenvalue weighted by molar-refractivity contribution is 7.92. The van der Waals surface area contributed by atoms with Gasteiger partial charge in [0.1, 0.15) is 5.82 Å². The van der Waals surface area contributed by atoms with Gasteiger partial charge in [-0.05, 0) is 59.5 Å². The van der Waals surface area contributed by atoms with Gasteiger partial charge in [-0.2, -0.15) is 0 Å². The number of anilines is 1. The Morgan fingerprint density at radius 3 is 2.38 bits per heavy atom. The van der Waals surface area contributed by atoms with E-state index in [9.17, 15) is 21.6 Å². The van der Waals surface area contributed by atoms with Crippen LogP contribution < -0.4 is 4.31 Å². The first-order valence-electron chi connectivity index (χ1n) is 9.93. The number of benzene rings is 2. The SMILES string of the molecule is O=S(=O)(c1ccc(F)c(F)c1)N(Cc1cc(CN2CCOCC2)cs1)c1ccc(F)cc1. The summed E-state index contributed by atoms with van der Waals surface area (Å²) in [5.74, 6) is -2.90. The Bertz CT molecular complexity index is 1180. The van der Waals surface area contributed by atoms with Gasteiger partial charge in [-0.1, -0.05) is 0 Å². The zero-order valence-electron chi connectivity index (χ0n) is 17.0. The number of nitrogens with zero attached hydrogens (tertiary/aromatic N) is 2. The fraction of sp³-hybridized carbons (Fsp3) is 0.273. The van der Waals surface area contributed by atoms with Crippen molar-refractivity contribution in [2.75, 3.05) is 30.6 Å². The quantitative estimate of drug-likeness (QED) is 0.501. The molecule has 0 atom stereocenters. The minimum Gasteiger partial charge on any atom is -0.379 e. The van der Waals surface area contributed by atoms with Crippen LogP contribution in [0.5, 0.6) is 0 Å². The molecule has 1 fully saturated rings. The van der Waals surface area contributed by atoms with E-state index in [0.717, 1.165) is 58.6 Å². The van der Waals surface area contributed by atoms with Gasteiger partial charge in [0.05, 0.1) is 30.3 Å². The molecule has 4 rings (SSSR count). The molecule has 0 radical (unpaired) electrons. The Kier molecular flexibility index (Phi) is 6.85. The van der Waals surface area contributed by atoms with Crippen molar-refractivity contribution in [1.29, 1.82) is 0 Å². The van der Waals surface area contributed by atoms with Crippen molar-refractivity contribution in [3.8, 4) is 0 Å². The van der Waals surface area contributed by atoms with Crippen LogP contribution in [0, 0.1) is 17.5 Å². The molecular formula is C22H21F3N2O3S2. The lowest BCUT2D eigenvalue weighted by atomic mass is 10.2. The maximum absolute atomic E-state index is 13.8. The first-order valence-corrected chi connectivity index (χ1v) is 12.2. The molecule has 0 spiro atoms. The molecule has 1 aliphatic rings. The molecule has 1 aliphatic heterocycles. The zero-order chi connectivity index (χ0) is 22.7. The molecule has 0 saturated carbocycles. The third kappa shape index (κ3) is 5.15. The number of hydrogen-bond donors (Lipinski definition) is 0. The van der Waals surface area contributed by atoms with Crippen LogP contribution in [0.15, 0.2) is 58.8 Å². The van der Waals surface area contributed by atoms with Crippen LogP contribution in [0.3, 0.4) is 0 Å². The minimum absolute atomic E-state index is 0.0270. The van der Waals surface area contributed by atoms with Crippen LogP contribution in [-0.4, -0.2) is 39.6 Å². The molecule has 0 aliphatic carbocycles. The van der Waals surface area contributed by atoms with Gasteiger partial charge in [0.25, 0.3) is 10.0 Å². The molecule has 1 aromatic heterocycles. The standard InChI is InChI=1S/C22H21F3N2O3S2/c23-17-1-3-18(4-2-17)27(32(28,29)20-5-6-21(24)22(25)12-20)14-19-11-16(15-31-19)13-26-7-9-30-10-8-26/h1-6,11-12,15H,7-10,13-14H2. The monoisotopic (exact) mass is 482 g/mol. The molecule has 2 heterocycles. The van der Waals surface area contributed by atoms with Crippen molar-refractivity contribution in [1.82, 2.24) is 4.90 Å². The summed E-state index contributed by atoms with van der Waals surface area (Å²) in [7, 11) is -4.24. The lowest BCUT2D eigenvalue weighted by Gasteiger charge is -2.26. The molecular weight excluding hydrogens is 461 g/mol. The highest BCUT2D eigenvalue weighted by Crippen LogP contribution is 2.29. The molecule has 3 aromatic rings. The Labute approximate surface area is 188 Å². The first-order chi connectivity index (χ1) is 15.3. The normalized spacial score (nSPS) is 15.1. The summed E-state index contributed by atoms with van der Waals surface area (Å²) in [5.41, 5.74) is 1.27. The average Bonchev–Trinajstić information content (AvgIpc) is 3.22. The molecule has 5 nitrogen and oxygen atoms in total. The van der Waals surface area contributed by atoms with E-state index in [4.69, 9.17) is 4.74 Å². The van der Waals surface area contributed by atoms with E-state index in [2.05, 4.69) is 4.90 Å². The van der Waals surface area contributed by atoms with Crippen molar-refractivity contribution < 1.29 is 26.3 Å². The molecule has 0 amide bonds. The van der Waals surface area contributed by atoms with Gasteiger partial charge in [-0.3, -0.25) is 9.21 Å². The molecule has 170 valence electrons. The van der Waals surface area contributed by atoms with Gasteiger partial charge in [0.2, 0.25) is 0 Å². The van der Waals surface area contributed by atoms with Crippen molar-refractivity contribution in [2.45, 2.75) is 18.0 Å². The second-order valence-corrected chi connectivity index (χ2v) is 10.2. The van der Waals surface area contributed by atoms with Gasteiger partial charge in [0, 0.05) is 24.5 Å². The third-order valence-corrected chi connectivity index (χ3v) is 7.85. The number of hydrogen-bond acceptors (Lipinski definition) is 5. The highest BCUT2D eigenvalue weighted by atomic mass is 32.2. The Morgan fingerprint density at radius 2 is 1.69 bits per heavy atom. The summed E-state index contributed by atoms with van der Waals surface area (Å²) < 4.78 is 73.7. The van der Waals surface area contributed by atoms with E-state index in [1.165, 1.54) is 23.5 Å². The summed E-state index contributed by atoms with van der Waals surface area (Å²) in [4.78, 5) is 2.64. The summed E-state index contributed by atoms with van der Waals surface area (Å²) in [5, 5.41) is 1.97. The van der Waals surface area contributed by atoms with Gasteiger partial charge in [-0.15, -0.1) is 11.3 Å². The second kappa shape index (κ2) is 9.62. The Hall–Kier alpha value is -2.40. The van der Waals surface area contributed by atoms with Crippen LogP contribution in [0.4, 0.5) is 18.9 Å². The second-order valence-electron chi connectivity index (χ2n) is 7.37. The predicted octanol–water partition coefficient (Wildman–Crippen LogP) is 4.39. The highest BCUT2D eigenvalue weighted by Gasteiger charge is 2.27. The molecule has 0 bridgehead atoms. The van der Waals surface area contributed by atoms with Crippen LogP contribution in [0.2, 0.25) is 0 Å². The predicted molar refractivity (Wildman–Crippen MR) is 117 cm³/mol. The van der Waals surface area contributed by atoms with Crippen LogP contribution in [-0.2, 0) is 27.8 Å². The average molecular weight is 483 g/mol. The van der Waals surface area contributed by atoms with E-state index in [0.29, 0.717) is 19.3 Å². The van der Waals surface area contributed by atoms with Crippen molar-refractivity contribution in [2.24, 2.45) is 0 Å². The molecule has 2 aromatic carbocycles. The molecule has 0 N–H and O–H groups in total. The van der Waals surface area contributed by atoms with E-state index in [1.807, 2.05) is 11.4 Å². The summed E-state index contributed by atoms with van der Waals surface area (Å²) in [6.07, 6.45) is 0. The number of thiophene rings is 1. The summed E-state index contributed by atoms with van der Waals surface area (Å²) in [6.45, 7) is 3.73. The largest absolute Gasteiger partial charge is 0.379 e. The lowest BCUT2D eigenvalue weighted by Crippen LogP contribution is -2.35. The van der Waals surface area contributed by atoms with Gasteiger partial charge < -0.3 is 4.74 Å². The summed E-state index contributed by atoms with van der Waals surface area (Å²) in [6, 6.07) is 9.36. The Morgan fingerprint density at radius 1 is 0.969 bits per heavy atom. The number of sulfonamides is 1.